The molecule has 0 fully saturated rings. The molecule has 0 aliphatic rings. The maximum Gasteiger partial charge on any atom is 0.303 e. The van der Waals surface area contributed by atoms with E-state index in [0.717, 1.165) is 19.4 Å². The number of hydrogen-bond acceptors (Lipinski definition) is 2. The van der Waals surface area contributed by atoms with Crippen LogP contribution in [0.1, 0.15) is 64.2 Å². The van der Waals surface area contributed by atoms with Gasteiger partial charge in [-0.1, -0.05) is 51.5 Å². The van der Waals surface area contributed by atoms with Gasteiger partial charge >= 0.3 is 5.97 Å². The average Bonchev–Trinajstić information content (AvgIpc) is 2.30. The van der Waals surface area contributed by atoms with Gasteiger partial charge in [0.05, 0.1) is 0 Å². The van der Waals surface area contributed by atoms with Gasteiger partial charge in [0.2, 0.25) is 0 Å². The fraction of sp³-hybridized carbons (Fsp3) is 0.786. The topological polar surface area (TPSA) is 49.3 Å². The van der Waals surface area contributed by atoms with Crippen molar-refractivity contribution in [2.75, 3.05) is 6.54 Å². The summed E-state index contributed by atoms with van der Waals surface area (Å²) in [4.78, 5) is 10.3. The van der Waals surface area contributed by atoms with Gasteiger partial charge in [0.1, 0.15) is 0 Å². The maximum atomic E-state index is 10.3. The maximum absolute atomic E-state index is 10.3. The summed E-state index contributed by atoms with van der Waals surface area (Å²) in [6.07, 6.45) is 12.9. The van der Waals surface area contributed by atoms with E-state index in [1.54, 1.807) is 6.20 Å². The van der Waals surface area contributed by atoms with Crippen molar-refractivity contribution in [1.82, 2.24) is 5.32 Å². The first-order valence-corrected chi connectivity index (χ1v) is 6.83. The molecule has 0 rings (SSSR count). The molecule has 0 aromatic carbocycles. The summed E-state index contributed by atoms with van der Waals surface area (Å²) >= 11 is 0. The molecular weight excluding hydrogens is 214 g/mol. The van der Waals surface area contributed by atoms with Crippen LogP contribution in [0.3, 0.4) is 0 Å². The Bertz CT molecular complexity index is 193. The molecule has 0 aliphatic carbocycles. The number of rotatable bonds is 13. The summed E-state index contributed by atoms with van der Waals surface area (Å²) in [5.41, 5.74) is 0. The third kappa shape index (κ3) is 15.0. The Kier molecular flexibility index (Phi) is 12.3. The van der Waals surface area contributed by atoms with E-state index < -0.39 is 5.97 Å². The summed E-state index contributed by atoms with van der Waals surface area (Å²) in [5.74, 6) is -0.668. The molecule has 0 saturated carbocycles. The van der Waals surface area contributed by atoms with Crippen molar-refractivity contribution < 1.29 is 9.90 Å². The summed E-state index contributed by atoms with van der Waals surface area (Å²) in [5, 5.41) is 11.6. The molecule has 0 spiro atoms. The zero-order chi connectivity index (χ0) is 12.8. The summed E-state index contributed by atoms with van der Waals surface area (Å²) in [7, 11) is 0. The second-order valence-corrected chi connectivity index (χ2v) is 4.48. The Morgan fingerprint density at radius 3 is 1.88 bits per heavy atom. The van der Waals surface area contributed by atoms with Crippen molar-refractivity contribution in [2.45, 2.75) is 64.2 Å². The molecule has 0 atom stereocenters. The van der Waals surface area contributed by atoms with Crippen LogP contribution in [0.15, 0.2) is 12.8 Å². The van der Waals surface area contributed by atoms with E-state index in [2.05, 4.69) is 11.9 Å². The Hall–Kier alpha value is -0.990. The second kappa shape index (κ2) is 13.1. The van der Waals surface area contributed by atoms with Crippen molar-refractivity contribution in [3.8, 4) is 0 Å². The van der Waals surface area contributed by atoms with Crippen LogP contribution in [-0.2, 0) is 4.79 Å². The first kappa shape index (κ1) is 16.0. The standard InChI is InChI=1S/C14H27NO2/c1-2-15-13-11-9-7-5-3-4-6-8-10-12-14(16)17/h2,15H,1,3-13H2,(H,16,17). The molecule has 0 saturated heterocycles. The van der Waals surface area contributed by atoms with Crippen LogP contribution in [0.5, 0.6) is 0 Å². The van der Waals surface area contributed by atoms with Crippen molar-refractivity contribution in [2.24, 2.45) is 0 Å². The van der Waals surface area contributed by atoms with Gasteiger partial charge in [-0.25, -0.2) is 0 Å². The van der Waals surface area contributed by atoms with Crippen LogP contribution in [0, 0.1) is 0 Å². The zero-order valence-corrected chi connectivity index (χ0v) is 10.9. The molecule has 100 valence electrons. The average molecular weight is 241 g/mol. The lowest BCUT2D eigenvalue weighted by atomic mass is 10.1. The minimum Gasteiger partial charge on any atom is -0.481 e. The molecule has 3 heteroatoms. The van der Waals surface area contributed by atoms with Gasteiger partial charge < -0.3 is 10.4 Å². The number of nitrogens with one attached hydrogen (secondary N) is 1. The normalized spacial score (nSPS) is 10.1. The van der Waals surface area contributed by atoms with Crippen LogP contribution < -0.4 is 5.32 Å². The van der Waals surface area contributed by atoms with Gasteiger partial charge in [-0.2, -0.15) is 0 Å². The minimum atomic E-state index is -0.668. The highest BCUT2D eigenvalue weighted by Gasteiger charge is 1.96. The van der Waals surface area contributed by atoms with Crippen LogP contribution in [0.4, 0.5) is 0 Å². The summed E-state index contributed by atoms with van der Waals surface area (Å²) in [6, 6.07) is 0. The van der Waals surface area contributed by atoms with Gasteiger partial charge in [0, 0.05) is 13.0 Å². The number of unbranched alkanes of at least 4 members (excludes halogenated alkanes) is 8. The quantitative estimate of drug-likeness (QED) is 0.483. The predicted octanol–water partition coefficient (Wildman–Crippen LogP) is 3.71. The highest BCUT2D eigenvalue weighted by molar-refractivity contribution is 5.66. The molecule has 0 aromatic heterocycles. The second-order valence-electron chi connectivity index (χ2n) is 4.48. The molecule has 0 amide bonds. The number of carboxylic acids is 1. The van der Waals surface area contributed by atoms with Gasteiger partial charge in [-0.15, -0.1) is 0 Å². The highest BCUT2D eigenvalue weighted by Crippen LogP contribution is 2.10. The molecule has 0 aromatic rings. The molecule has 2 N–H and O–H groups in total. The van der Waals surface area contributed by atoms with Gasteiger partial charge in [-0.05, 0) is 19.0 Å². The predicted molar refractivity (Wildman–Crippen MR) is 72.0 cm³/mol. The fourth-order valence-corrected chi connectivity index (χ4v) is 1.84. The lowest BCUT2D eigenvalue weighted by Gasteiger charge is -2.02. The molecule has 0 radical (unpaired) electrons. The van der Waals surface area contributed by atoms with E-state index >= 15 is 0 Å². The molecule has 17 heavy (non-hydrogen) atoms. The minimum absolute atomic E-state index is 0.330. The van der Waals surface area contributed by atoms with Crippen molar-refractivity contribution in [1.29, 1.82) is 0 Å². The lowest BCUT2D eigenvalue weighted by Crippen LogP contribution is -2.05. The highest BCUT2D eigenvalue weighted by atomic mass is 16.4. The lowest BCUT2D eigenvalue weighted by molar-refractivity contribution is -0.137. The third-order valence-electron chi connectivity index (χ3n) is 2.86. The van der Waals surface area contributed by atoms with Gasteiger partial charge in [0.25, 0.3) is 0 Å². The smallest absolute Gasteiger partial charge is 0.303 e. The first-order valence-electron chi connectivity index (χ1n) is 6.83. The summed E-state index contributed by atoms with van der Waals surface area (Å²) in [6.45, 7) is 4.65. The zero-order valence-electron chi connectivity index (χ0n) is 10.9. The van der Waals surface area contributed by atoms with Crippen LogP contribution in [0.25, 0.3) is 0 Å². The molecule has 0 unspecified atom stereocenters. The Balaban J connectivity index is 2.94. The summed E-state index contributed by atoms with van der Waals surface area (Å²) < 4.78 is 0. The van der Waals surface area contributed by atoms with E-state index in [-0.39, 0.29) is 0 Å². The van der Waals surface area contributed by atoms with Crippen molar-refractivity contribution in [3.63, 3.8) is 0 Å². The van der Waals surface area contributed by atoms with Gasteiger partial charge in [0.15, 0.2) is 0 Å². The molecular formula is C14H27NO2. The van der Waals surface area contributed by atoms with E-state index in [0.29, 0.717) is 6.42 Å². The fourth-order valence-electron chi connectivity index (χ4n) is 1.84. The molecule has 0 bridgehead atoms. The number of hydrogen-bond donors (Lipinski definition) is 2. The van der Waals surface area contributed by atoms with E-state index in [9.17, 15) is 4.79 Å². The van der Waals surface area contributed by atoms with E-state index in [1.807, 2.05) is 0 Å². The molecule has 0 heterocycles. The van der Waals surface area contributed by atoms with Gasteiger partial charge in [-0.3, -0.25) is 4.79 Å². The third-order valence-corrected chi connectivity index (χ3v) is 2.86. The van der Waals surface area contributed by atoms with Crippen LogP contribution >= 0.6 is 0 Å². The number of carbonyl (C=O) groups is 1. The monoisotopic (exact) mass is 241 g/mol. The van der Waals surface area contributed by atoms with Crippen molar-refractivity contribution in [3.05, 3.63) is 12.8 Å². The van der Waals surface area contributed by atoms with Crippen LogP contribution in [-0.4, -0.2) is 17.6 Å². The Morgan fingerprint density at radius 1 is 0.941 bits per heavy atom. The Morgan fingerprint density at radius 2 is 1.41 bits per heavy atom. The molecule has 3 nitrogen and oxygen atoms in total. The SMILES string of the molecule is C=CNCCCCCCCCCCCC(=O)O. The number of aliphatic carboxylic acids is 1. The van der Waals surface area contributed by atoms with Crippen LogP contribution in [0.2, 0.25) is 0 Å². The Labute approximate surface area is 105 Å². The molecule has 0 aliphatic heterocycles. The van der Waals surface area contributed by atoms with E-state index in [4.69, 9.17) is 5.11 Å². The number of carboxylic acid groups (broad SMARTS) is 1. The van der Waals surface area contributed by atoms with E-state index in [1.165, 1.54) is 44.9 Å². The largest absolute Gasteiger partial charge is 0.481 e. The first-order chi connectivity index (χ1) is 8.27. The van der Waals surface area contributed by atoms with Crippen molar-refractivity contribution >= 4 is 5.97 Å².